The molecule has 1 heterocycles. The van der Waals surface area contributed by atoms with Gasteiger partial charge < -0.3 is 4.42 Å². The molecule has 2 nitrogen and oxygen atoms in total. The molecule has 1 aliphatic rings. The first kappa shape index (κ1) is 14.3. The number of benzene rings is 1. The van der Waals surface area contributed by atoms with Crippen LogP contribution in [0.1, 0.15) is 31.4 Å². The lowest BCUT2D eigenvalue weighted by Crippen LogP contribution is -2.49. The summed E-state index contributed by atoms with van der Waals surface area (Å²) in [6.45, 7) is 6.67. The normalized spacial score (nSPS) is 16.0. The topological polar surface area (TPSA) is 30.2 Å². The zero-order chi connectivity index (χ0) is 15.0. The summed E-state index contributed by atoms with van der Waals surface area (Å²) in [7, 11) is -1.77. The Hall–Kier alpha value is -1.61. The van der Waals surface area contributed by atoms with Crippen LogP contribution in [0.5, 0.6) is 0 Å². The quantitative estimate of drug-likeness (QED) is 0.774. The van der Waals surface area contributed by atoms with E-state index in [1.165, 1.54) is 18.4 Å². The molecule has 1 aromatic carbocycles. The Morgan fingerprint density at radius 3 is 2.52 bits per heavy atom. The van der Waals surface area contributed by atoms with E-state index < -0.39 is 8.07 Å². The third-order valence-electron chi connectivity index (χ3n) is 4.13. The highest BCUT2D eigenvalue weighted by molar-refractivity contribution is 6.89. The fourth-order valence-electron chi connectivity index (χ4n) is 3.09. The van der Waals surface area contributed by atoms with Gasteiger partial charge in [0, 0.05) is 5.19 Å². The number of hydrogen-bond donors (Lipinski definition) is 0. The van der Waals surface area contributed by atoms with Gasteiger partial charge in [0.25, 0.3) is 0 Å². The maximum Gasteiger partial charge on any atom is 0.192 e. The van der Waals surface area contributed by atoms with E-state index in [-0.39, 0.29) is 5.43 Å². The van der Waals surface area contributed by atoms with Gasteiger partial charge in [-0.3, -0.25) is 4.79 Å². The second-order valence-corrected chi connectivity index (χ2v) is 11.9. The molecule has 3 rings (SSSR count). The summed E-state index contributed by atoms with van der Waals surface area (Å²) in [5.41, 5.74) is 2.13. The molecule has 2 aromatic rings. The number of hydrogen-bond acceptors (Lipinski definition) is 2. The number of allylic oxidation sites excluding steroid dienone is 2. The van der Waals surface area contributed by atoms with E-state index in [2.05, 4.69) is 25.7 Å². The molecule has 0 amide bonds. The molecule has 3 heteroatoms. The molecule has 1 aromatic heterocycles. The highest BCUT2D eigenvalue weighted by atomic mass is 28.3. The first-order valence-corrected chi connectivity index (χ1v) is 11.2. The van der Waals surface area contributed by atoms with E-state index in [4.69, 9.17) is 4.42 Å². The van der Waals surface area contributed by atoms with Crippen LogP contribution >= 0.6 is 0 Å². The Labute approximate surface area is 126 Å². The molecule has 0 aliphatic heterocycles. The average Bonchev–Trinajstić information content (AvgIpc) is 2.46. The van der Waals surface area contributed by atoms with Crippen molar-refractivity contribution in [1.29, 1.82) is 0 Å². The monoisotopic (exact) mass is 298 g/mol. The molecule has 110 valence electrons. The molecule has 0 N–H and O–H groups in total. The predicted molar refractivity (Wildman–Crippen MR) is 91.9 cm³/mol. The Kier molecular flexibility index (Phi) is 3.62. The van der Waals surface area contributed by atoms with Crippen molar-refractivity contribution in [2.45, 2.75) is 45.3 Å². The smallest absolute Gasteiger partial charge is 0.192 e. The molecule has 0 spiro atoms. The number of para-hydroxylation sites is 1. The first-order valence-electron chi connectivity index (χ1n) is 7.74. The van der Waals surface area contributed by atoms with Crippen LogP contribution in [0.25, 0.3) is 16.5 Å². The van der Waals surface area contributed by atoms with Crippen molar-refractivity contribution in [2.75, 3.05) is 0 Å². The average molecular weight is 298 g/mol. The summed E-state index contributed by atoms with van der Waals surface area (Å²) in [6.07, 6.45) is 6.81. The van der Waals surface area contributed by atoms with Gasteiger partial charge in [0.05, 0.1) is 13.5 Å². The fraction of sp³-hybridized carbons (Fsp3) is 0.389. The highest BCUT2D eigenvalue weighted by Crippen LogP contribution is 2.28. The van der Waals surface area contributed by atoms with Crippen molar-refractivity contribution >= 4 is 29.8 Å². The predicted octanol–water partition coefficient (Wildman–Crippen LogP) is 4.30. The van der Waals surface area contributed by atoms with Gasteiger partial charge in [-0.05, 0) is 43.4 Å². The number of fused-ring (bicyclic) bond motifs is 1. The van der Waals surface area contributed by atoms with Crippen LogP contribution in [0.15, 0.2) is 39.6 Å². The molecular formula is C18H22O2Si. The van der Waals surface area contributed by atoms with Crippen LogP contribution in [0, 0.1) is 0 Å². The van der Waals surface area contributed by atoms with Gasteiger partial charge in [0.2, 0.25) is 0 Å². The molecule has 0 atom stereocenters. The van der Waals surface area contributed by atoms with Crippen molar-refractivity contribution in [3.8, 4) is 0 Å². The summed E-state index contributed by atoms with van der Waals surface area (Å²) < 4.78 is 6.21. The van der Waals surface area contributed by atoms with Crippen LogP contribution < -0.4 is 10.6 Å². The van der Waals surface area contributed by atoms with Crippen molar-refractivity contribution in [2.24, 2.45) is 0 Å². The molecular weight excluding hydrogens is 276 g/mol. The van der Waals surface area contributed by atoms with Crippen molar-refractivity contribution in [1.82, 2.24) is 0 Å². The second-order valence-electron chi connectivity index (χ2n) is 6.86. The fourth-order valence-corrected chi connectivity index (χ4v) is 4.80. The van der Waals surface area contributed by atoms with Crippen molar-refractivity contribution in [3.05, 3.63) is 46.3 Å². The van der Waals surface area contributed by atoms with Crippen LogP contribution in [0.4, 0.5) is 0 Å². The summed E-state index contributed by atoms with van der Waals surface area (Å²) in [6, 6.07) is 7.62. The van der Waals surface area contributed by atoms with Gasteiger partial charge in [-0.2, -0.15) is 0 Å². The highest BCUT2D eigenvalue weighted by Gasteiger charge is 2.28. The van der Waals surface area contributed by atoms with E-state index in [1.807, 2.05) is 24.3 Å². The maximum atomic E-state index is 13.0. The van der Waals surface area contributed by atoms with Gasteiger partial charge in [0.15, 0.2) is 5.43 Å². The summed E-state index contributed by atoms with van der Waals surface area (Å²) >= 11 is 0. The molecule has 0 saturated heterocycles. The van der Waals surface area contributed by atoms with E-state index in [9.17, 15) is 4.79 Å². The molecule has 0 bridgehead atoms. The van der Waals surface area contributed by atoms with Gasteiger partial charge in [-0.1, -0.05) is 37.8 Å². The Balaban J connectivity index is 2.36. The zero-order valence-corrected chi connectivity index (χ0v) is 14.0. The lowest BCUT2D eigenvalue weighted by molar-refractivity contribution is 0.580. The standard InChI is InChI=1S/C18H22O2Si/c1-21(2,3)18-16(19)14-11-7-8-12-15(14)20-17(18)13-9-5-4-6-10-13/h7-9,11-12H,4-6,10H2,1-3H3. The Morgan fingerprint density at radius 1 is 1.10 bits per heavy atom. The van der Waals surface area contributed by atoms with Gasteiger partial charge in [0.1, 0.15) is 11.3 Å². The number of rotatable bonds is 2. The maximum absolute atomic E-state index is 13.0. The van der Waals surface area contributed by atoms with Gasteiger partial charge >= 0.3 is 0 Å². The van der Waals surface area contributed by atoms with E-state index >= 15 is 0 Å². The van der Waals surface area contributed by atoms with Crippen molar-refractivity contribution in [3.63, 3.8) is 0 Å². The lowest BCUT2D eigenvalue weighted by Gasteiger charge is -2.22. The lowest BCUT2D eigenvalue weighted by atomic mass is 9.97. The minimum atomic E-state index is -1.77. The van der Waals surface area contributed by atoms with Crippen LogP contribution in [-0.4, -0.2) is 8.07 Å². The molecule has 0 fully saturated rings. The van der Waals surface area contributed by atoms with E-state index in [1.54, 1.807) is 0 Å². The summed E-state index contributed by atoms with van der Waals surface area (Å²) in [5.74, 6) is 0.873. The van der Waals surface area contributed by atoms with E-state index in [0.29, 0.717) is 5.58 Å². The van der Waals surface area contributed by atoms with Gasteiger partial charge in [-0.25, -0.2) is 0 Å². The second kappa shape index (κ2) is 5.30. The summed E-state index contributed by atoms with van der Waals surface area (Å²) in [5, 5.41) is 1.67. The largest absolute Gasteiger partial charge is 0.456 e. The van der Waals surface area contributed by atoms with Crippen LogP contribution in [0.2, 0.25) is 19.6 Å². The minimum Gasteiger partial charge on any atom is -0.456 e. The molecule has 21 heavy (non-hydrogen) atoms. The Morgan fingerprint density at radius 2 is 1.86 bits per heavy atom. The minimum absolute atomic E-state index is 0.178. The van der Waals surface area contributed by atoms with Crippen LogP contribution in [-0.2, 0) is 0 Å². The Bertz CT molecular complexity index is 763. The third-order valence-corrected chi connectivity index (χ3v) is 6.08. The molecule has 0 unspecified atom stereocenters. The molecule has 0 radical (unpaired) electrons. The SMILES string of the molecule is C[Si](C)(C)c1c(C2=CCCCC2)oc2ccccc2c1=O. The first-order chi connectivity index (χ1) is 9.98. The van der Waals surface area contributed by atoms with Crippen molar-refractivity contribution < 1.29 is 4.42 Å². The molecule has 1 aliphatic carbocycles. The molecule has 0 saturated carbocycles. The van der Waals surface area contributed by atoms with Gasteiger partial charge in [-0.15, -0.1) is 0 Å². The summed E-state index contributed by atoms with van der Waals surface area (Å²) in [4.78, 5) is 13.0. The van der Waals surface area contributed by atoms with Crippen LogP contribution in [0.3, 0.4) is 0 Å². The van der Waals surface area contributed by atoms with E-state index in [0.717, 1.165) is 29.2 Å². The third kappa shape index (κ3) is 2.62. The zero-order valence-electron chi connectivity index (χ0n) is 13.0.